The van der Waals surface area contributed by atoms with Gasteiger partial charge < -0.3 is 19.5 Å². The molecule has 0 radical (unpaired) electrons. The number of anilines is 1. The molecule has 3 aromatic rings. The summed E-state index contributed by atoms with van der Waals surface area (Å²) in [5.41, 5.74) is 2.05. The van der Waals surface area contributed by atoms with Crippen LogP contribution in [0.4, 0.5) is 5.69 Å². The smallest absolute Gasteiger partial charge is 0.307 e. The van der Waals surface area contributed by atoms with E-state index in [2.05, 4.69) is 5.32 Å². The van der Waals surface area contributed by atoms with Gasteiger partial charge in [-0.1, -0.05) is 30.3 Å². The highest BCUT2D eigenvalue weighted by molar-refractivity contribution is 6.00. The van der Waals surface area contributed by atoms with E-state index < -0.39 is 12.1 Å². The number of amides is 1. The van der Waals surface area contributed by atoms with E-state index in [0.29, 0.717) is 29.4 Å². The summed E-state index contributed by atoms with van der Waals surface area (Å²) < 4.78 is 16.0. The fourth-order valence-corrected chi connectivity index (χ4v) is 3.11. The molecule has 0 fully saturated rings. The monoisotopic (exact) mass is 461 g/mol. The summed E-state index contributed by atoms with van der Waals surface area (Å²) in [6.07, 6.45) is -1.15. The third kappa shape index (κ3) is 7.48. The number of rotatable bonds is 11. The number of benzene rings is 3. The predicted octanol–water partition coefficient (Wildman–Crippen LogP) is 4.81. The van der Waals surface area contributed by atoms with Crippen LogP contribution in [0.15, 0.2) is 78.9 Å². The first-order valence-electron chi connectivity index (χ1n) is 10.9. The average molecular weight is 462 g/mol. The number of ether oxygens (including phenoxy) is 3. The zero-order chi connectivity index (χ0) is 24.3. The van der Waals surface area contributed by atoms with Crippen LogP contribution < -0.4 is 14.8 Å². The van der Waals surface area contributed by atoms with Gasteiger partial charge in [0.2, 0.25) is 11.7 Å². The second-order valence-electron chi connectivity index (χ2n) is 7.57. The summed E-state index contributed by atoms with van der Waals surface area (Å²) in [5, 5.41) is 2.70. The van der Waals surface area contributed by atoms with E-state index in [9.17, 15) is 14.4 Å². The second kappa shape index (κ2) is 12.2. The number of hydrogen-bond donors (Lipinski definition) is 1. The van der Waals surface area contributed by atoms with Crippen molar-refractivity contribution in [3.05, 3.63) is 90.0 Å². The van der Waals surface area contributed by atoms with Crippen molar-refractivity contribution in [3.63, 3.8) is 0 Å². The van der Waals surface area contributed by atoms with Crippen molar-refractivity contribution in [3.8, 4) is 11.5 Å². The van der Waals surface area contributed by atoms with Crippen molar-refractivity contribution in [1.29, 1.82) is 0 Å². The fraction of sp³-hybridized carbons (Fsp3) is 0.222. The molecule has 7 nitrogen and oxygen atoms in total. The molecule has 34 heavy (non-hydrogen) atoms. The number of ketones is 1. The number of esters is 1. The van der Waals surface area contributed by atoms with Crippen LogP contribution in [-0.2, 0) is 20.9 Å². The Morgan fingerprint density at radius 3 is 2.12 bits per heavy atom. The molecule has 1 N–H and O–H groups in total. The topological polar surface area (TPSA) is 90.9 Å². The van der Waals surface area contributed by atoms with Gasteiger partial charge in [-0.15, -0.1) is 0 Å². The SMILES string of the molecule is COc1ccc(NC(=O)CCC(=O)O[C@H](C)C(=O)c2ccc(OCc3ccccc3)cc2)cc1. The van der Waals surface area contributed by atoms with Gasteiger partial charge in [0, 0.05) is 17.7 Å². The maximum atomic E-state index is 12.6. The molecule has 0 saturated heterocycles. The van der Waals surface area contributed by atoms with E-state index in [-0.39, 0.29) is 24.5 Å². The van der Waals surface area contributed by atoms with Crippen molar-refractivity contribution in [2.45, 2.75) is 32.5 Å². The van der Waals surface area contributed by atoms with Crippen LogP contribution in [0.25, 0.3) is 0 Å². The molecule has 1 atom stereocenters. The Labute approximate surface area is 198 Å². The molecule has 0 saturated carbocycles. The Morgan fingerprint density at radius 2 is 1.47 bits per heavy atom. The molecular weight excluding hydrogens is 434 g/mol. The van der Waals surface area contributed by atoms with E-state index in [4.69, 9.17) is 14.2 Å². The lowest BCUT2D eigenvalue weighted by atomic mass is 10.1. The molecule has 0 unspecified atom stereocenters. The largest absolute Gasteiger partial charge is 0.497 e. The molecule has 0 spiro atoms. The minimum atomic E-state index is -0.965. The van der Waals surface area contributed by atoms with Gasteiger partial charge in [-0.25, -0.2) is 0 Å². The van der Waals surface area contributed by atoms with E-state index in [1.807, 2.05) is 30.3 Å². The molecule has 0 aromatic heterocycles. The van der Waals surface area contributed by atoms with Crippen LogP contribution in [-0.4, -0.2) is 30.9 Å². The minimum absolute atomic E-state index is 0.0563. The maximum Gasteiger partial charge on any atom is 0.307 e. The molecule has 0 heterocycles. The Morgan fingerprint density at radius 1 is 0.824 bits per heavy atom. The molecule has 0 aliphatic rings. The molecule has 176 valence electrons. The van der Waals surface area contributed by atoms with Gasteiger partial charge in [0.1, 0.15) is 18.1 Å². The Kier molecular flexibility index (Phi) is 8.80. The average Bonchev–Trinajstić information content (AvgIpc) is 2.87. The van der Waals surface area contributed by atoms with Gasteiger partial charge >= 0.3 is 5.97 Å². The summed E-state index contributed by atoms with van der Waals surface area (Å²) in [7, 11) is 1.56. The van der Waals surface area contributed by atoms with Crippen LogP contribution in [0, 0.1) is 0 Å². The van der Waals surface area contributed by atoms with Gasteiger partial charge in [0.05, 0.1) is 13.5 Å². The Balaban J connectivity index is 1.42. The summed E-state index contributed by atoms with van der Waals surface area (Å²) in [6.45, 7) is 1.94. The standard InChI is InChI=1S/C27H27NO6/c1-19(34-26(30)17-16-25(29)28-22-10-14-23(32-2)15-11-22)27(31)21-8-12-24(13-9-21)33-18-20-6-4-3-5-7-20/h3-15,19H,16-18H2,1-2H3,(H,28,29)/t19-/m1/s1. The van der Waals surface area contributed by atoms with Gasteiger partial charge in [-0.05, 0) is 61.0 Å². The number of carbonyl (C=O) groups is 3. The van der Waals surface area contributed by atoms with Crippen molar-refractivity contribution in [1.82, 2.24) is 0 Å². The fourth-order valence-electron chi connectivity index (χ4n) is 3.11. The molecule has 0 bridgehead atoms. The molecule has 1 amide bonds. The minimum Gasteiger partial charge on any atom is -0.497 e. The summed E-state index contributed by atoms with van der Waals surface area (Å²) in [4.78, 5) is 36.8. The molecule has 7 heteroatoms. The molecule has 3 aromatic carbocycles. The lowest BCUT2D eigenvalue weighted by molar-refractivity contribution is -0.147. The van der Waals surface area contributed by atoms with E-state index in [0.717, 1.165) is 5.56 Å². The van der Waals surface area contributed by atoms with Gasteiger partial charge in [-0.2, -0.15) is 0 Å². The van der Waals surface area contributed by atoms with Crippen molar-refractivity contribution >= 4 is 23.3 Å². The van der Waals surface area contributed by atoms with Crippen LogP contribution in [0.1, 0.15) is 35.7 Å². The summed E-state index contributed by atoms with van der Waals surface area (Å²) in [6, 6.07) is 23.3. The molecule has 3 rings (SSSR count). The zero-order valence-corrected chi connectivity index (χ0v) is 19.2. The quantitative estimate of drug-likeness (QED) is 0.326. The number of hydrogen-bond acceptors (Lipinski definition) is 6. The predicted molar refractivity (Wildman–Crippen MR) is 128 cm³/mol. The Bertz CT molecular complexity index is 1090. The third-order valence-electron chi connectivity index (χ3n) is 4.99. The lowest BCUT2D eigenvalue weighted by Crippen LogP contribution is -2.25. The summed E-state index contributed by atoms with van der Waals surface area (Å²) in [5.74, 6) is 0.0360. The van der Waals surface area contributed by atoms with Gasteiger partial charge in [0.15, 0.2) is 6.10 Å². The van der Waals surface area contributed by atoms with Crippen LogP contribution >= 0.6 is 0 Å². The number of carbonyl (C=O) groups excluding carboxylic acids is 3. The van der Waals surface area contributed by atoms with Crippen molar-refractivity contribution in [2.75, 3.05) is 12.4 Å². The molecular formula is C27H27NO6. The highest BCUT2D eigenvalue weighted by Gasteiger charge is 2.20. The van der Waals surface area contributed by atoms with E-state index >= 15 is 0 Å². The molecule has 0 aliphatic carbocycles. The highest BCUT2D eigenvalue weighted by atomic mass is 16.5. The number of methoxy groups -OCH3 is 1. The number of Topliss-reactive ketones (excluding diaryl/α,β-unsaturated/α-hetero) is 1. The van der Waals surface area contributed by atoms with Gasteiger partial charge in [-0.3, -0.25) is 14.4 Å². The van der Waals surface area contributed by atoms with Crippen LogP contribution in [0.2, 0.25) is 0 Å². The first kappa shape index (κ1) is 24.5. The zero-order valence-electron chi connectivity index (χ0n) is 19.2. The normalized spacial score (nSPS) is 11.2. The number of nitrogens with one attached hydrogen (secondary N) is 1. The van der Waals surface area contributed by atoms with Gasteiger partial charge in [0.25, 0.3) is 0 Å². The maximum absolute atomic E-state index is 12.6. The first-order valence-corrected chi connectivity index (χ1v) is 10.9. The molecule has 0 aliphatic heterocycles. The highest BCUT2D eigenvalue weighted by Crippen LogP contribution is 2.17. The lowest BCUT2D eigenvalue weighted by Gasteiger charge is -2.13. The van der Waals surface area contributed by atoms with E-state index in [1.54, 1.807) is 55.6 Å². The van der Waals surface area contributed by atoms with Crippen LogP contribution in [0.5, 0.6) is 11.5 Å². The van der Waals surface area contributed by atoms with Crippen LogP contribution in [0.3, 0.4) is 0 Å². The second-order valence-corrected chi connectivity index (χ2v) is 7.57. The third-order valence-corrected chi connectivity index (χ3v) is 4.99. The van der Waals surface area contributed by atoms with E-state index in [1.165, 1.54) is 6.92 Å². The Hall–Kier alpha value is -4.13. The van der Waals surface area contributed by atoms with Crippen molar-refractivity contribution < 1.29 is 28.6 Å². The van der Waals surface area contributed by atoms with Crippen molar-refractivity contribution in [2.24, 2.45) is 0 Å². The summed E-state index contributed by atoms with van der Waals surface area (Å²) >= 11 is 0. The first-order chi connectivity index (χ1) is 16.4.